The topological polar surface area (TPSA) is 37.3 Å². The molecule has 0 bridgehead atoms. The lowest BCUT2D eigenvalue weighted by Crippen LogP contribution is -1.90. The van der Waals surface area contributed by atoms with Crippen molar-refractivity contribution in [1.82, 2.24) is 0 Å². The number of rotatable bonds is 2. The number of hydrogen-bond donors (Lipinski definition) is 1. The van der Waals surface area contributed by atoms with Gasteiger partial charge in [-0.1, -0.05) is 24.3 Å². The second-order valence-corrected chi connectivity index (χ2v) is 5.55. The van der Waals surface area contributed by atoms with Gasteiger partial charge in [0.15, 0.2) is 5.78 Å². The van der Waals surface area contributed by atoms with Gasteiger partial charge in [0.1, 0.15) is 5.75 Å². The summed E-state index contributed by atoms with van der Waals surface area (Å²) in [7, 11) is 0. The number of ketones is 1. The molecule has 0 spiro atoms. The molecule has 0 amide bonds. The Kier molecular flexibility index (Phi) is 2.84. The lowest BCUT2D eigenvalue weighted by Gasteiger charge is -1.98. The molecule has 3 heteroatoms. The van der Waals surface area contributed by atoms with E-state index in [0.29, 0.717) is 0 Å². The maximum atomic E-state index is 11.2. The molecule has 0 aliphatic carbocycles. The Morgan fingerprint density at radius 1 is 1.05 bits per heavy atom. The maximum Gasteiger partial charge on any atom is 0.159 e. The fraction of sp³-hybridized carbons (Fsp3) is 0.0625. The van der Waals surface area contributed by atoms with Crippen LogP contribution in [0.25, 0.3) is 20.5 Å². The molecule has 2 nitrogen and oxygen atoms in total. The fourth-order valence-electron chi connectivity index (χ4n) is 2.03. The Balaban J connectivity index is 2.06. The highest BCUT2D eigenvalue weighted by molar-refractivity contribution is 7.22. The number of carbonyl (C=O) groups is 1. The van der Waals surface area contributed by atoms with Crippen molar-refractivity contribution < 1.29 is 9.90 Å². The average Bonchev–Trinajstić information content (AvgIpc) is 2.81. The van der Waals surface area contributed by atoms with Crippen molar-refractivity contribution >= 4 is 27.2 Å². The van der Waals surface area contributed by atoms with E-state index in [1.807, 2.05) is 30.3 Å². The molecule has 2 aromatic carbocycles. The van der Waals surface area contributed by atoms with Crippen molar-refractivity contribution in [3.05, 3.63) is 54.1 Å². The molecule has 0 unspecified atom stereocenters. The highest BCUT2D eigenvalue weighted by atomic mass is 32.1. The van der Waals surface area contributed by atoms with Gasteiger partial charge in [-0.25, -0.2) is 0 Å². The third-order valence-electron chi connectivity index (χ3n) is 3.08. The molecule has 1 heterocycles. The van der Waals surface area contributed by atoms with Gasteiger partial charge in [0.05, 0.1) is 0 Å². The summed E-state index contributed by atoms with van der Waals surface area (Å²) in [5, 5.41) is 10.6. The molecule has 0 saturated heterocycles. The van der Waals surface area contributed by atoms with Crippen LogP contribution in [0.3, 0.4) is 0 Å². The Bertz CT molecular complexity index is 754. The summed E-state index contributed by atoms with van der Waals surface area (Å²) in [6, 6.07) is 15.1. The third kappa shape index (κ3) is 2.25. The second-order valence-electron chi connectivity index (χ2n) is 4.47. The molecule has 0 fully saturated rings. The Labute approximate surface area is 114 Å². The van der Waals surface area contributed by atoms with Gasteiger partial charge in [-0.05, 0) is 42.1 Å². The zero-order valence-corrected chi connectivity index (χ0v) is 11.2. The summed E-state index contributed by atoms with van der Waals surface area (Å²) >= 11 is 1.63. The van der Waals surface area contributed by atoms with Crippen LogP contribution in [0.5, 0.6) is 5.75 Å². The van der Waals surface area contributed by atoms with E-state index in [2.05, 4.69) is 6.07 Å². The number of benzene rings is 2. The monoisotopic (exact) mass is 268 g/mol. The van der Waals surface area contributed by atoms with Crippen molar-refractivity contribution in [3.8, 4) is 16.2 Å². The minimum absolute atomic E-state index is 0.0767. The summed E-state index contributed by atoms with van der Waals surface area (Å²) in [6.07, 6.45) is 0. The smallest absolute Gasteiger partial charge is 0.159 e. The second kappa shape index (κ2) is 4.52. The molecule has 0 aliphatic rings. The molecule has 0 saturated carbocycles. The van der Waals surface area contributed by atoms with Gasteiger partial charge in [-0.2, -0.15) is 0 Å². The molecule has 3 rings (SSSR count). The van der Waals surface area contributed by atoms with E-state index < -0.39 is 0 Å². The molecule has 1 aromatic heterocycles. The largest absolute Gasteiger partial charge is 0.508 e. The number of phenols is 1. The number of thiophene rings is 1. The molecule has 1 N–H and O–H groups in total. The van der Waals surface area contributed by atoms with Crippen LogP contribution < -0.4 is 0 Å². The van der Waals surface area contributed by atoms with Crippen LogP contribution in [0, 0.1) is 0 Å². The SMILES string of the molecule is CC(=O)c1ccc(-c2cc3ccc(O)cc3s2)cc1. The van der Waals surface area contributed by atoms with Crippen LogP contribution in [-0.2, 0) is 0 Å². The molecule has 0 aliphatic heterocycles. The van der Waals surface area contributed by atoms with Crippen molar-refractivity contribution in [2.75, 3.05) is 0 Å². The van der Waals surface area contributed by atoms with E-state index in [4.69, 9.17) is 0 Å². The van der Waals surface area contributed by atoms with Crippen LogP contribution >= 0.6 is 11.3 Å². The number of aromatic hydroxyl groups is 1. The van der Waals surface area contributed by atoms with Crippen molar-refractivity contribution in [2.45, 2.75) is 6.92 Å². The fourth-order valence-corrected chi connectivity index (χ4v) is 3.13. The summed E-state index contributed by atoms with van der Waals surface area (Å²) < 4.78 is 1.06. The Hall–Kier alpha value is -2.13. The summed E-state index contributed by atoms with van der Waals surface area (Å²) in [5.74, 6) is 0.362. The highest BCUT2D eigenvalue weighted by Crippen LogP contribution is 2.35. The molecule has 0 radical (unpaired) electrons. The first kappa shape index (κ1) is 11.9. The van der Waals surface area contributed by atoms with Crippen molar-refractivity contribution in [1.29, 1.82) is 0 Å². The Morgan fingerprint density at radius 2 is 1.79 bits per heavy atom. The van der Waals surface area contributed by atoms with Crippen molar-refractivity contribution in [3.63, 3.8) is 0 Å². The summed E-state index contributed by atoms with van der Waals surface area (Å²) in [5.41, 5.74) is 1.81. The van der Waals surface area contributed by atoms with E-state index in [1.165, 1.54) is 0 Å². The van der Waals surface area contributed by atoms with Crippen LogP contribution in [0.15, 0.2) is 48.5 Å². The first-order chi connectivity index (χ1) is 9.13. The van der Waals surface area contributed by atoms with Crippen molar-refractivity contribution in [2.24, 2.45) is 0 Å². The minimum atomic E-state index is 0.0767. The number of carbonyl (C=O) groups excluding carboxylic acids is 1. The molecule has 0 atom stereocenters. The Morgan fingerprint density at radius 3 is 2.47 bits per heavy atom. The quantitative estimate of drug-likeness (QED) is 0.696. The normalized spacial score (nSPS) is 10.8. The van der Waals surface area contributed by atoms with Gasteiger partial charge in [0.25, 0.3) is 0 Å². The van der Waals surface area contributed by atoms with Gasteiger partial charge < -0.3 is 5.11 Å². The zero-order chi connectivity index (χ0) is 13.4. The van der Waals surface area contributed by atoms with Crippen LogP contribution in [0.2, 0.25) is 0 Å². The zero-order valence-electron chi connectivity index (χ0n) is 10.4. The number of phenolic OH excluding ortho intramolecular Hbond substituents is 1. The number of hydrogen-bond acceptors (Lipinski definition) is 3. The standard InChI is InChI=1S/C16H12O2S/c1-10(17)11-2-4-12(5-3-11)15-8-13-6-7-14(18)9-16(13)19-15/h2-9,18H,1H3. The third-order valence-corrected chi connectivity index (χ3v) is 4.23. The van der Waals surface area contributed by atoms with Gasteiger partial charge in [-0.3, -0.25) is 4.79 Å². The molecule has 19 heavy (non-hydrogen) atoms. The van der Waals surface area contributed by atoms with Gasteiger partial charge in [0.2, 0.25) is 0 Å². The van der Waals surface area contributed by atoms with E-state index in [-0.39, 0.29) is 11.5 Å². The van der Waals surface area contributed by atoms with Gasteiger partial charge >= 0.3 is 0 Å². The first-order valence-electron chi connectivity index (χ1n) is 5.97. The lowest BCUT2D eigenvalue weighted by molar-refractivity contribution is 0.101. The number of fused-ring (bicyclic) bond motifs is 1. The molecule has 3 aromatic rings. The number of Topliss-reactive ketones (excluding diaryl/α,β-unsaturated/α-hetero) is 1. The first-order valence-corrected chi connectivity index (χ1v) is 6.79. The van der Waals surface area contributed by atoms with E-state index in [1.54, 1.807) is 30.4 Å². The van der Waals surface area contributed by atoms with Crippen LogP contribution in [-0.4, -0.2) is 10.9 Å². The van der Waals surface area contributed by atoms with E-state index >= 15 is 0 Å². The molecular formula is C16H12O2S. The predicted molar refractivity (Wildman–Crippen MR) is 78.9 cm³/mol. The predicted octanol–water partition coefficient (Wildman–Crippen LogP) is 4.48. The molecule has 94 valence electrons. The van der Waals surface area contributed by atoms with Gasteiger partial charge in [0, 0.05) is 15.1 Å². The minimum Gasteiger partial charge on any atom is -0.508 e. The van der Waals surface area contributed by atoms with Crippen LogP contribution in [0.4, 0.5) is 0 Å². The lowest BCUT2D eigenvalue weighted by atomic mass is 10.1. The van der Waals surface area contributed by atoms with E-state index in [0.717, 1.165) is 26.1 Å². The van der Waals surface area contributed by atoms with Crippen LogP contribution in [0.1, 0.15) is 17.3 Å². The average molecular weight is 268 g/mol. The highest BCUT2D eigenvalue weighted by Gasteiger charge is 2.06. The van der Waals surface area contributed by atoms with Gasteiger partial charge in [-0.15, -0.1) is 11.3 Å². The van der Waals surface area contributed by atoms with E-state index in [9.17, 15) is 9.90 Å². The maximum absolute atomic E-state index is 11.2. The summed E-state index contributed by atoms with van der Waals surface area (Å²) in [4.78, 5) is 12.4. The summed E-state index contributed by atoms with van der Waals surface area (Å²) in [6.45, 7) is 1.57. The molecular weight excluding hydrogens is 256 g/mol.